The monoisotopic (exact) mass is 399 g/mol. The van der Waals surface area contributed by atoms with Gasteiger partial charge in [-0.05, 0) is 54.8 Å². The number of aromatic nitrogens is 1. The van der Waals surface area contributed by atoms with Gasteiger partial charge in [-0.3, -0.25) is 0 Å². The lowest BCUT2D eigenvalue weighted by atomic mass is 9.93. The normalized spacial score (nSPS) is 14.6. The Bertz CT molecular complexity index is 1100. The van der Waals surface area contributed by atoms with E-state index in [0.29, 0.717) is 0 Å². The van der Waals surface area contributed by atoms with E-state index in [4.69, 9.17) is 4.52 Å². The predicted octanol–water partition coefficient (Wildman–Crippen LogP) is 6.54. The first-order valence-electron chi connectivity index (χ1n) is 9.78. The van der Waals surface area contributed by atoms with Gasteiger partial charge in [0.25, 0.3) is 0 Å². The molecule has 0 radical (unpaired) electrons. The lowest BCUT2D eigenvalue weighted by Crippen LogP contribution is -2.10. The molecule has 0 atom stereocenters. The minimum atomic E-state index is 0.0217. The standard InChI is InChI=1S/C25H21NO2S/c27-20-13-11-19(12-14-20)23-22(18-7-3-1-4-8-18)24(28-26-23)25(15-16-25)17-29-21-9-5-2-6-10-21/h1-14,27H,15-17H2. The Morgan fingerprint density at radius 3 is 2.14 bits per heavy atom. The highest BCUT2D eigenvalue weighted by Crippen LogP contribution is 2.55. The summed E-state index contributed by atoms with van der Waals surface area (Å²) in [6.07, 6.45) is 2.22. The first-order chi connectivity index (χ1) is 14.3. The zero-order valence-corrected chi connectivity index (χ0v) is 16.7. The number of nitrogens with zero attached hydrogens (tertiary/aromatic N) is 1. The second kappa shape index (κ2) is 7.45. The fourth-order valence-electron chi connectivity index (χ4n) is 3.67. The third-order valence-corrected chi connectivity index (χ3v) is 6.79. The number of hydrogen-bond donors (Lipinski definition) is 1. The maximum Gasteiger partial charge on any atom is 0.152 e. The summed E-state index contributed by atoms with van der Waals surface area (Å²) in [5.41, 5.74) is 3.99. The van der Waals surface area contributed by atoms with Crippen LogP contribution in [0.1, 0.15) is 18.6 Å². The van der Waals surface area contributed by atoms with Crippen LogP contribution in [0.5, 0.6) is 5.75 Å². The van der Waals surface area contributed by atoms with E-state index < -0.39 is 0 Å². The van der Waals surface area contributed by atoms with E-state index in [-0.39, 0.29) is 11.2 Å². The van der Waals surface area contributed by atoms with Crippen LogP contribution in [0.3, 0.4) is 0 Å². The van der Waals surface area contributed by atoms with Crippen LogP contribution in [0.4, 0.5) is 0 Å². The summed E-state index contributed by atoms with van der Waals surface area (Å²) in [7, 11) is 0. The third kappa shape index (κ3) is 3.56. The van der Waals surface area contributed by atoms with Gasteiger partial charge in [-0.25, -0.2) is 0 Å². The van der Waals surface area contributed by atoms with Gasteiger partial charge in [-0.1, -0.05) is 53.7 Å². The number of rotatable bonds is 6. The quantitative estimate of drug-likeness (QED) is 0.374. The van der Waals surface area contributed by atoms with E-state index in [0.717, 1.165) is 46.7 Å². The van der Waals surface area contributed by atoms with Gasteiger partial charge in [0, 0.05) is 21.6 Å². The highest BCUT2D eigenvalue weighted by atomic mass is 32.2. The van der Waals surface area contributed by atoms with Crippen LogP contribution in [0.2, 0.25) is 0 Å². The van der Waals surface area contributed by atoms with E-state index in [9.17, 15) is 5.11 Å². The molecule has 1 saturated carbocycles. The average Bonchev–Trinajstić information content (AvgIpc) is 3.43. The van der Waals surface area contributed by atoms with Gasteiger partial charge in [0.2, 0.25) is 0 Å². The Morgan fingerprint density at radius 2 is 1.48 bits per heavy atom. The summed E-state index contributed by atoms with van der Waals surface area (Å²) >= 11 is 1.87. The maximum absolute atomic E-state index is 9.67. The summed E-state index contributed by atoms with van der Waals surface area (Å²) in [5, 5.41) is 14.2. The lowest BCUT2D eigenvalue weighted by molar-refractivity contribution is 0.364. The molecule has 1 aromatic heterocycles. The average molecular weight is 400 g/mol. The topological polar surface area (TPSA) is 46.3 Å². The van der Waals surface area contributed by atoms with Gasteiger partial charge in [-0.15, -0.1) is 11.8 Å². The van der Waals surface area contributed by atoms with Crippen LogP contribution < -0.4 is 0 Å². The third-order valence-electron chi connectivity index (χ3n) is 5.49. The fourth-order valence-corrected chi connectivity index (χ4v) is 4.88. The summed E-state index contributed by atoms with van der Waals surface area (Å²) in [6.45, 7) is 0. The fraction of sp³-hybridized carbons (Fsp3) is 0.160. The van der Waals surface area contributed by atoms with Gasteiger partial charge in [0.15, 0.2) is 5.76 Å². The Labute approximate surface area is 174 Å². The highest BCUT2D eigenvalue weighted by Gasteiger charge is 2.50. The molecule has 144 valence electrons. The van der Waals surface area contributed by atoms with Gasteiger partial charge in [0.05, 0.1) is 5.56 Å². The molecule has 0 amide bonds. The maximum atomic E-state index is 9.67. The van der Waals surface area contributed by atoms with E-state index >= 15 is 0 Å². The summed E-state index contributed by atoms with van der Waals surface area (Å²) in [6, 6.07) is 28.0. The number of thioether (sulfide) groups is 1. The number of aromatic hydroxyl groups is 1. The van der Waals surface area contributed by atoms with Crippen LogP contribution in [0.25, 0.3) is 22.4 Å². The van der Waals surface area contributed by atoms with Crippen molar-refractivity contribution in [3.05, 3.63) is 90.7 Å². The Balaban J connectivity index is 1.55. The Hall–Kier alpha value is -2.98. The number of benzene rings is 3. The van der Waals surface area contributed by atoms with Gasteiger partial charge < -0.3 is 9.63 Å². The smallest absolute Gasteiger partial charge is 0.152 e. The van der Waals surface area contributed by atoms with E-state index in [1.165, 1.54) is 4.90 Å². The summed E-state index contributed by atoms with van der Waals surface area (Å²) < 4.78 is 6.02. The van der Waals surface area contributed by atoms with Crippen LogP contribution >= 0.6 is 11.8 Å². The summed E-state index contributed by atoms with van der Waals surface area (Å²) in [5.74, 6) is 2.20. The molecule has 5 rings (SSSR count). The van der Waals surface area contributed by atoms with Crippen LogP contribution in [0, 0.1) is 0 Å². The van der Waals surface area contributed by atoms with Crippen LogP contribution in [0.15, 0.2) is 94.3 Å². The number of phenolic OH excluding ortho intramolecular Hbond substituents is 1. The van der Waals surface area contributed by atoms with E-state index in [1.54, 1.807) is 12.1 Å². The number of hydrogen-bond acceptors (Lipinski definition) is 4. The van der Waals surface area contributed by atoms with Crippen molar-refractivity contribution < 1.29 is 9.63 Å². The lowest BCUT2D eigenvalue weighted by Gasteiger charge is -2.14. The second-order valence-corrected chi connectivity index (χ2v) is 8.58. The van der Waals surface area contributed by atoms with Crippen molar-refractivity contribution >= 4 is 11.8 Å². The molecular formula is C25H21NO2S. The molecule has 1 N–H and O–H groups in total. The van der Waals surface area contributed by atoms with Crippen molar-refractivity contribution in [3.8, 4) is 28.1 Å². The zero-order valence-electron chi connectivity index (χ0n) is 15.9. The van der Waals surface area contributed by atoms with Crippen molar-refractivity contribution in [2.75, 3.05) is 5.75 Å². The van der Waals surface area contributed by atoms with Gasteiger partial charge in [-0.2, -0.15) is 0 Å². The first-order valence-corrected chi connectivity index (χ1v) is 10.8. The minimum absolute atomic E-state index is 0.0217. The first kappa shape index (κ1) is 18.1. The molecule has 0 bridgehead atoms. The van der Waals surface area contributed by atoms with Crippen molar-refractivity contribution in [2.45, 2.75) is 23.2 Å². The molecule has 0 spiro atoms. The Kier molecular flexibility index (Phi) is 4.64. The van der Waals surface area contributed by atoms with Crippen molar-refractivity contribution in [2.24, 2.45) is 0 Å². The molecule has 29 heavy (non-hydrogen) atoms. The van der Waals surface area contributed by atoms with Crippen molar-refractivity contribution in [3.63, 3.8) is 0 Å². The Morgan fingerprint density at radius 1 is 0.828 bits per heavy atom. The largest absolute Gasteiger partial charge is 0.508 e. The molecule has 4 aromatic rings. The highest BCUT2D eigenvalue weighted by molar-refractivity contribution is 7.99. The number of phenols is 1. The molecule has 0 saturated heterocycles. The summed E-state index contributed by atoms with van der Waals surface area (Å²) in [4.78, 5) is 1.28. The molecule has 1 fully saturated rings. The molecular weight excluding hydrogens is 378 g/mol. The SMILES string of the molecule is Oc1ccc(-c2noc(C3(CSc4ccccc4)CC3)c2-c2ccccc2)cc1. The molecule has 3 nitrogen and oxygen atoms in total. The van der Waals surface area contributed by atoms with Crippen LogP contribution in [-0.4, -0.2) is 16.0 Å². The van der Waals surface area contributed by atoms with Crippen molar-refractivity contribution in [1.82, 2.24) is 5.16 Å². The molecule has 3 aromatic carbocycles. The zero-order chi connectivity index (χ0) is 19.7. The van der Waals surface area contributed by atoms with Crippen LogP contribution in [-0.2, 0) is 5.41 Å². The predicted molar refractivity (Wildman–Crippen MR) is 117 cm³/mol. The molecule has 0 aliphatic heterocycles. The van der Waals surface area contributed by atoms with Crippen molar-refractivity contribution in [1.29, 1.82) is 0 Å². The molecule has 1 aliphatic carbocycles. The molecule has 1 aliphatic rings. The molecule has 4 heteroatoms. The minimum Gasteiger partial charge on any atom is -0.508 e. The van der Waals surface area contributed by atoms with E-state index in [2.05, 4.69) is 41.6 Å². The van der Waals surface area contributed by atoms with E-state index in [1.807, 2.05) is 48.2 Å². The van der Waals surface area contributed by atoms with Gasteiger partial charge >= 0.3 is 0 Å². The van der Waals surface area contributed by atoms with Gasteiger partial charge in [0.1, 0.15) is 11.4 Å². The second-order valence-electron chi connectivity index (χ2n) is 7.53. The molecule has 1 heterocycles. The molecule has 0 unspecified atom stereocenters.